The average Bonchev–Trinajstić information content (AvgIpc) is 2.46. The van der Waals surface area contributed by atoms with Crippen LogP contribution in [0.15, 0.2) is 24.5 Å². The molecule has 0 bridgehead atoms. The van der Waals surface area contributed by atoms with Crippen LogP contribution >= 0.6 is 0 Å². The Morgan fingerprint density at radius 3 is 2.89 bits per heavy atom. The molecule has 2 amide bonds. The van der Waals surface area contributed by atoms with Crippen LogP contribution in [-0.2, 0) is 4.79 Å². The Bertz CT molecular complexity index is 461. The summed E-state index contributed by atoms with van der Waals surface area (Å²) in [6.07, 6.45) is 3.15. The number of carbonyl (C=O) groups is 2. The summed E-state index contributed by atoms with van der Waals surface area (Å²) in [6, 6.07) is 2.99. The topological polar surface area (TPSA) is 65.5 Å². The Kier molecular flexibility index (Phi) is 4.11. The number of hydrogen-bond acceptors (Lipinski definition) is 4. The lowest BCUT2D eigenvalue weighted by Gasteiger charge is -2.36. The molecule has 2 heterocycles. The van der Waals surface area contributed by atoms with Crippen molar-refractivity contribution in [1.29, 1.82) is 0 Å². The molecule has 1 atom stereocenters. The largest absolute Gasteiger partial charge is 0.347 e. The Morgan fingerprint density at radius 1 is 1.47 bits per heavy atom. The lowest BCUT2D eigenvalue weighted by Crippen LogP contribution is -2.59. The van der Waals surface area contributed by atoms with Crippen LogP contribution in [0, 0.1) is 0 Å². The van der Waals surface area contributed by atoms with Crippen LogP contribution < -0.4 is 5.32 Å². The van der Waals surface area contributed by atoms with Gasteiger partial charge in [0.1, 0.15) is 6.04 Å². The molecule has 6 heteroatoms. The minimum atomic E-state index is -0.448. The van der Waals surface area contributed by atoms with Crippen molar-refractivity contribution >= 4 is 11.8 Å². The Balaban J connectivity index is 2.20. The van der Waals surface area contributed by atoms with Crippen molar-refractivity contribution in [3.63, 3.8) is 0 Å². The maximum absolute atomic E-state index is 12.4. The van der Waals surface area contributed by atoms with E-state index in [1.165, 1.54) is 11.1 Å². The molecule has 1 aromatic rings. The van der Waals surface area contributed by atoms with Crippen molar-refractivity contribution in [2.45, 2.75) is 6.04 Å². The van der Waals surface area contributed by atoms with Gasteiger partial charge in [0.15, 0.2) is 0 Å². The van der Waals surface area contributed by atoms with Crippen molar-refractivity contribution in [2.75, 3.05) is 33.7 Å². The molecule has 6 nitrogen and oxygen atoms in total. The monoisotopic (exact) mass is 262 g/mol. The lowest BCUT2D eigenvalue weighted by atomic mass is 10.1. The molecular weight excluding hydrogens is 244 g/mol. The van der Waals surface area contributed by atoms with Gasteiger partial charge in [-0.15, -0.1) is 0 Å². The van der Waals surface area contributed by atoms with Crippen molar-refractivity contribution in [3.05, 3.63) is 30.1 Å². The van der Waals surface area contributed by atoms with Gasteiger partial charge in [-0.05, 0) is 12.1 Å². The molecule has 1 aliphatic heterocycles. The van der Waals surface area contributed by atoms with Crippen LogP contribution in [0.3, 0.4) is 0 Å². The number of nitrogens with one attached hydrogen (secondary N) is 1. The van der Waals surface area contributed by atoms with Crippen molar-refractivity contribution in [2.24, 2.45) is 0 Å². The van der Waals surface area contributed by atoms with Crippen LogP contribution in [0.25, 0.3) is 0 Å². The molecule has 1 aromatic heterocycles. The van der Waals surface area contributed by atoms with Crippen LogP contribution in [-0.4, -0.2) is 66.4 Å². The van der Waals surface area contributed by atoms with E-state index in [0.717, 1.165) is 0 Å². The highest BCUT2D eigenvalue weighted by atomic mass is 16.2. The van der Waals surface area contributed by atoms with E-state index in [9.17, 15) is 9.59 Å². The fraction of sp³-hybridized carbons (Fsp3) is 0.462. The van der Waals surface area contributed by atoms with Crippen LogP contribution in [0.4, 0.5) is 0 Å². The normalized spacial score (nSPS) is 19.1. The average molecular weight is 262 g/mol. The van der Waals surface area contributed by atoms with Gasteiger partial charge in [0.25, 0.3) is 5.91 Å². The molecule has 1 saturated heterocycles. The molecule has 0 spiro atoms. The third-order valence-electron chi connectivity index (χ3n) is 3.14. The van der Waals surface area contributed by atoms with Crippen LogP contribution in [0.2, 0.25) is 0 Å². The van der Waals surface area contributed by atoms with Gasteiger partial charge in [0, 0.05) is 46.1 Å². The minimum Gasteiger partial charge on any atom is -0.347 e. The molecular formula is C13H18N4O2. The lowest BCUT2D eigenvalue weighted by molar-refractivity contribution is -0.134. The standard InChI is InChI=1S/C13H18N4O2/c1-16(2)13(19)11-9-15-6-7-17(11)12(18)10-4-3-5-14-8-10/h3-5,8,11,15H,6-7,9H2,1-2H3. The molecule has 0 saturated carbocycles. The summed E-state index contributed by atoms with van der Waals surface area (Å²) >= 11 is 0. The zero-order valence-electron chi connectivity index (χ0n) is 11.2. The highest BCUT2D eigenvalue weighted by Crippen LogP contribution is 2.11. The van der Waals surface area contributed by atoms with Crippen LogP contribution in [0.5, 0.6) is 0 Å². The molecule has 2 rings (SSSR count). The summed E-state index contributed by atoms with van der Waals surface area (Å²) in [5.74, 6) is -0.209. The molecule has 0 aromatic carbocycles. The summed E-state index contributed by atoms with van der Waals surface area (Å²) in [4.78, 5) is 31.6. The molecule has 1 N–H and O–H groups in total. The van der Waals surface area contributed by atoms with Gasteiger partial charge in [0.2, 0.25) is 5.91 Å². The van der Waals surface area contributed by atoms with Gasteiger partial charge in [-0.1, -0.05) is 0 Å². The molecule has 1 aliphatic rings. The van der Waals surface area contributed by atoms with Crippen molar-refractivity contribution in [1.82, 2.24) is 20.1 Å². The summed E-state index contributed by atoms with van der Waals surface area (Å²) in [5, 5.41) is 3.15. The Hall–Kier alpha value is -1.95. The second-order valence-electron chi connectivity index (χ2n) is 4.69. The molecule has 102 valence electrons. The van der Waals surface area contributed by atoms with E-state index in [-0.39, 0.29) is 11.8 Å². The van der Waals surface area contributed by atoms with Gasteiger partial charge in [-0.3, -0.25) is 14.6 Å². The first kappa shape index (κ1) is 13.5. The number of likely N-dealkylation sites (N-methyl/N-ethyl adjacent to an activating group) is 1. The van der Waals surface area contributed by atoms with E-state index in [0.29, 0.717) is 25.2 Å². The van der Waals surface area contributed by atoms with E-state index in [1.807, 2.05) is 0 Å². The molecule has 19 heavy (non-hydrogen) atoms. The van der Waals surface area contributed by atoms with Crippen molar-refractivity contribution in [3.8, 4) is 0 Å². The highest BCUT2D eigenvalue weighted by molar-refractivity contribution is 5.97. The summed E-state index contributed by atoms with van der Waals surface area (Å²) in [5.41, 5.74) is 0.515. The number of aromatic nitrogens is 1. The van der Waals surface area contributed by atoms with E-state index >= 15 is 0 Å². The van der Waals surface area contributed by atoms with Gasteiger partial charge in [0.05, 0.1) is 5.56 Å². The smallest absolute Gasteiger partial charge is 0.256 e. The molecule has 0 radical (unpaired) electrons. The van der Waals surface area contributed by atoms with Crippen molar-refractivity contribution < 1.29 is 9.59 Å². The second-order valence-corrected chi connectivity index (χ2v) is 4.69. The fourth-order valence-electron chi connectivity index (χ4n) is 2.12. The van der Waals surface area contributed by atoms with Gasteiger partial charge in [-0.2, -0.15) is 0 Å². The zero-order chi connectivity index (χ0) is 13.8. The van der Waals surface area contributed by atoms with E-state index in [2.05, 4.69) is 10.3 Å². The van der Waals surface area contributed by atoms with E-state index < -0.39 is 6.04 Å². The quantitative estimate of drug-likeness (QED) is 0.786. The van der Waals surface area contributed by atoms with Gasteiger partial charge in [-0.25, -0.2) is 0 Å². The predicted octanol–water partition coefficient (Wildman–Crippen LogP) is -0.416. The maximum Gasteiger partial charge on any atom is 0.256 e. The predicted molar refractivity (Wildman–Crippen MR) is 70.6 cm³/mol. The fourth-order valence-corrected chi connectivity index (χ4v) is 2.12. The number of piperazine rings is 1. The number of pyridine rings is 1. The second kappa shape index (κ2) is 5.79. The first-order valence-corrected chi connectivity index (χ1v) is 6.24. The highest BCUT2D eigenvalue weighted by Gasteiger charge is 2.33. The summed E-state index contributed by atoms with van der Waals surface area (Å²) in [6.45, 7) is 1.71. The maximum atomic E-state index is 12.4. The van der Waals surface area contributed by atoms with Gasteiger partial charge < -0.3 is 15.1 Å². The zero-order valence-corrected chi connectivity index (χ0v) is 11.2. The Morgan fingerprint density at radius 2 is 2.26 bits per heavy atom. The number of amides is 2. The SMILES string of the molecule is CN(C)C(=O)C1CNCCN1C(=O)c1cccnc1. The summed E-state index contributed by atoms with van der Waals surface area (Å²) in [7, 11) is 3.40. The first-order valence-electron chi connectivity index (χ1n) is 6.24. The van der Waals surface area contributed by atoms with E-state index in [1.54, 1.807) is 37.3 Å². The third kappa shape index (κ3) is 2.90. The number of carbonyl (C=O) groups excluding carboxylic acids is 2. The van der Waals surface area contributed by atoms with Gasteiger partial charge >= 0.3 is 0 Å². The molecule has 1 fully saturated rings. The first-order chi connectivity index (χ1) is 9.11. The van der Waals surface area contributed by atoms with Crippen LogP contribution in [0.1, 0.15) is 10.4 Å². The Labute approximate surface area is 112 Å². The number of nitrogens with zero attached hydrogens (tertiary/aromatic N) is 3. The molecule has 1 unspecified atom stereocenters. The summed E-state index contributed by atoms with van der Waals surface area (Å²) < 4.78 is 0. The number of rotatable bonds is 2. The number of hydrogen-bond donors (Lipinski definition) is 1. The third-order valence-corrected chi connectivity index (χ3v) is 3.14. The minimum absolute atomic E-state index is 0.0653. The van der Waals surface area contributed by atoms with E-state index in [4.69, 9.17) is 0 Å². The molecule has 0 aliphatic carbocycles.